The molecule has 2 heterocycles. The molecule has 0 radical (unpaired) electrons. The number of aromatic nitrogens is 2. The topological polar surface area (TPSA) is 55.0 Å². The maximum atomic E-state index is 5.66. The van der Waals surface area contributed by atoms with E-state index in [1.54, 1.807) is 6.07 Å². The van der Waals surface area contributed by atoms with Gasteiger partial charge in [-0.2, -0.15) is 0 Å². The number of hydrogen-bond acceptors (Lipinski definition) is 4. The van der Waals surface area contributed by atoms with E-state index in [2.05, 4.69) is 91.5 Å². The van der Waals surface area contributed by atoms with Crippen LogP contribution in [0.15, 0.2) is 71.3 Å². The van der Waals surface area contributed by atoms with E-state index in [1.165, 1.54) is 27.8 Å². The molecule has 0 fully saturated rings. The zero-order valence-corrected chi connectivity index (χ0v) is 24.5. The molecule has 3 rings (SSSR count). The molecule has 1 atom stereocenters. The summed E-state index contributed by atoms with van der Waals surface area (Å²) in [6.45, 7) is 20.5. The van der Waals surface area contributed by atoms with Crippen molar-refractivity contribution in [3.8, 4) is 0 Å². The lowest BCUT2D eigenvalue weighted by Crippen LogP contribution is -2.34. The average Bonchev–Trinajstić information content (AvgIpc) is 2.92. The van der Waals surface area contributed by atoms with Crippen LogP contribution in [-0.2, 0) is 0 Å². The smallest absolute Gasteiger partial charge is 0.146 e. The summed E-state index contributed by atoms with van der Waals surface area (Å²) in [6.07, 6.45) is 12.0. The number of allylic oxidation sites excluding steroid dienone is 2. The number of rotatable bonds is 6. The summed E-state index contributed by atoms with van der Waals surface area (Å²) in [5, 5.41) is 8.11. The van der Waals surface area contributed by atoms with E-state index in [-0.39, 0.29) is 0 Å². The molecule has 0 spiro atoms. The molecule has 1 aromatic heterocycles. The maximum absolute atomic E-state index is 5.66. The van der Waals surface area contributed by atoms with Crippen LogP contribution in [-0.4, -0.2) is 35.2 Å². The first-order valence-corrected chi connectivity index (χ1v) is 13.6. The lowest BCUT2D eigenvalue weighted by Gasteiger charge is -2.34. The summed E-state index contributed by atoms with van der Waals surface area (Å²) in [4.78, 5) is 2.40. The quantitative estimate of drug-likeness (QED) is 0.442. The molecule has 2 aromatic rings. The van der Waals surface area contributed by atoms with Crippen molar-refractivity contribution in [1.82, 2.24) is 15.1 Å². The number of nitrogens with two attached hydrogens (primary N) is 1. The fraction of sp³-hybridized carbons (Fsp3) is 0.438. The van der Waals surface area contributed by atoms with Gasteiger partial charge in [-0.3, -0.25) is 0 Å². The second-order valence-corrected chi connectivity index (χ2v) is 7.88. The van der Waals surface area contributed by atoms with Crippen LogP contribution in [0.5, 0.6) is 0 Å². The molecule has 0 saturated carbocycles. The molecular weight excluding hydrogens is 440 g/mol. The molecule has 1 unspecified atom stereocenters. The van der Waals surface area contributed by atoms with Gasteiger partial charge in [0.2, 0.25) is 0 Å². The molecule has 0 amide bonds. The Morgan fingerprint density at radius 2 is 1.64 bits per heavy atom. The van der Waals surface area contributed by atoms with Gasteiger partial charge in [-0.15, -0.1) is 10.2 Å². The molecule has 0 aliphatic carbocycles. The van der Waals surface area contributed by atoms with Crippen LogP contribution in [0.4, 0.5) is 5.82 Å². The predicted octanol–water partition coefficient (Wildman–Crippen LogP) is 8.39. The third-order valence-corrected chi connectivity index (χ3v) is 5.57. The number of nitrogens with zero attached hydrogens (tertiary/aromatic N) is 3. The Morgan fingerprint density at radius 3 is 2.19 bits per heavy atom. The Balaban J connectivity index is 0.00000190. The van der Waals surface area contributed by atoms with Crippen LogP contribution in [0.1, 0.15) is 78.6 Å². The highest BCUT2D eigenvalue weighted by Gasteiger charge is 2.26. The van der Waals surface area contributed by atoms with Gasteiger partial charge in [0.25, 0.3) is 0 Å². The molecular formula is C32H50N4. The Bertz CT molecular complexity index is 981. The Hall–Kier alpha value is -2.98. The van der Waals surface area contributed by atoms with E-state index in [4.69, 9.17) is 5.73 Å². The summed E-state index contributed by atoms with van der Waals surface area (Å²) in [5.41, 5.74) is 13.2. The summed E-state index contributed by atoms with van der Waals surface area (Å²) >= 11 is 0. The van der Waals surface area contributed by atoms with Crippen LogP contribution in [0, 0.1) is 12.8 Å². The fourth-order valence-corrected chi connectivity index (χ4v) is 3.97. The number of nitrogen functional groups attached to an aromatic ring is 1. The van der Waals surface area contributed by atoms with Crippen LogP contribution in [0.3, 0.4) is 0 Å². The average molecular weight is 491 g/mol. The highest BCUT2D eigenvalue weighted by molar-refractivity contribution is 5.60. The number of hydrogen-bond donors (Lipinski definition) is 1. The number of likely N-dealkylation sites (N-methyl/N-ethyl adjacent to an activating group) is 1. The van der Waals surface area contributed by atoms with E-state index in [9.17, 15) is 0 Å². The van der Waals surface area contributed by atoms with E-state index in [0.717, 1.165) is 25.2 Å². The Kier molecular flexibility index (Phi) is 17.6. The third kappa shape index (κ3) is 10.3. The summed E-state index contributed by atoms with van der Waals surface area (Å²) in [7, 11) is 2.19. The first-order valence-electron chi connectivity index (χ1n) is 13.6. The normalized spacial score (nSPS) is 16.1. The van der Waals surface area contributed by atoms with Crippen molar-refractivity contribution in [2.75, 3.05) is 25.9 Å². The van der Waals surface area contributed by atoms with Gasteiger partial charge in [0.1, 0.15) is 5.82 Å². The fourth-order valence-electron chi connectivity index (χ4n) is 3.97. The Labute approximate surface area is 221 Å². The molecule has 1 aliphatic rings. The minimum Gasteiger partial charge on any atom is -0.382 e. The molecule has 0 saturated heterocycles. The largest absolute Gasteiger partial charge is 0.382 e. The second kappa shape index (κ2) is 19.2. The summed E-state index contributed by atoms with van der Waals surface area (Å²) in [6, 6.07) is 12.3. The molecule has 4 heteroatoms. The Morgan fingerprint density at radius 1 is 0.972 bits per heavy atom. The molecule has 1 aliphatic heterocycles. The van der Waals surface area contributed by atoms with Crippen molar-refractivity contribution >= 4 is 18.0 Å². The molecule has 198 valence electrons. The molecule has 2 N–H and O–H groups in total. The second-order valence-electron chi connectivity index (χ2n) is 7.88. The van der Waals surface area contributed by atoms with Crippen molar-refractivity contribution < 1.29 is 0 Å². The predicted molar refractivity (Wildman–Crippen MR) is 162 cm³/mol. The summed E-state index contributed by atoms with van der Waals surface area (Å²) < 4.78 is 0. The van der Waals surface area contributed by atoms with Gasteiger partial charge < -0.3 is 10.6 Å². The number of benzene rings is 1. The minimum absolute atomic E-state index is 0.363. The first kappa shape index (κ1) is 33.0. The van der Waals surface area contributed by atoms with Crippen LogP contribution < -0.4 is 5.73 Å². The third-order valence-electron chi connectivity index (χ3n) is 5.57. The molecule has 36 heavy (non-hydrogen) atoms. The van der Waals surface area contributed by atoms with E-state index < -0.39 is 0 Å². The van der Waals surface area contributed by atoms with Gasteiger partial charge in [-0.25, -0.2) is 0 Å². The zero-order chi connectivity index (χ0) is 27.5. The van der Waals surface area contributed by atoms with Crippen molar-refractivity contribution in [3.05, 3.63) is 88.2 Å². The molecule has 1 aromatic carbocycles. The van der Waals surface area contributed by atoms with E-state index in [0.29, 0.717) is 11.7 Å². The van der Waals surface area contributed by atoms with Gasteiger partial charge >= 0.3 is 0 Å². The lowest BCUT2D eigenvalue weighted by atomic mass is 9.81. The van der Waals surface area contributed by atoms with Crippen LogP contribution in [0.25, 0.3) is 12.2 Å². The molecule has 0 bridgehead atoms. The lowest BCUT2D eigenvalue weighted by molar-refractivity contribution is 0.315. The number of anilines is 1. The standard InChI is InChI=1S/C26H32N4.3C2H6/c1-5-9-24-22(12-13-23-14-15-26(27)29-28-23)17-30(4)18-25(24)20(6-2)16-21-11-8-7-10-19(21)3;3*1-2/h5,7-16,25H,6,17-18H2,1-4H3,(H2,27,29);3*1-2H3/b9-5-,13-12+,20-16+;;;. The summed E-state index contributed by atoms with van der Waals surface area (Å²) in [5.74, 6) is 0.800. The minimum atomic E-state index is 0.363. The van der Waals surface area contributed by atoms with Gasteiger partial charge in [0.05, 0.1) is 5.69 Å². The van der Waals surface area contributed by atoms with Gasteiger partial charge in [-0.1, -0.05) is 103 Å². The van der Waals surface area contributed by atoms with Gasteiger partial charge in [0.15, 0.2) is 0 Å². The SMILES string of the molecule is C/C=C\C1=C(/C=C/c2ccc(N)nn2)CN(C)CC1/C(=C/c1ccccc1C)CC.CC.CC.CC. The van der Waals surface area contributed by atoms with Gasteiger partial charge in [0, 0.05) is 19.0 Å². The van der Waals surface area contributed by atoms with Crippen molar-refractivity contribution in [2.24, 2.45) is 5.92 Å². The van der Waals surface area contributed by atoms with Crippen LogP contribution in [0.2, 0.25) is 0 Å². The highest BCUT2D eigenvalue weighted by atomic mass is 15.1. The highest BCUT2D eigenvalue weighted by Crippen LogP contribution is 2.33. The maximum Gasteiger partial charge on any atom is 0.146 e. The molecule has 4 nitrogen and oxygen atoms in total. The zero-order valence-electron chi connectivity index (χ0n) is 24.5. The van der Waals surface area contributed by atoms with Gasteiger partial charge in [-0.05, 0) is 67.8 Å². The van der Waals surface area contributed by atoms with Crippen molar-refractivity contribution in [1.29, 1.82) is 0 Å². The monoisotopic (exact) mass is 490 g/mol. The van der Waals surface area contributed by atoms with E-state index in [1.807, 2.05) is 53.7 Å². The van der Waals surface area contributed by atoms with Crippen molar-refractivity contribution in [2.45, 2.75) is 68.7 Å². The van der Waals surface area contributed by atoms with Crippen molar-refractivity contribution in [3.63, 3.8) is 0 Å². The van der Waals surface area contributed by atoms with E-state index >= 15 is 0 Å². The van der Waals surface area contributed by atoms with Crippen LogP contribution >= 0.6 is 0 Å². The first-order chi connectivity index (χ1) is 17.5. The number of aryl methyl sites for hydroxylation is 1.